The Kier molecular flexibility index (Phi) is 4.93. The lowest BCUT2D eigenvalue weighted by Gasteiger charge is -2.12. The lowest BCUT2D eigenvalue weighted by molar-refractivity contribution is -0.120. The van der Waals surface area contributed by atoms with E-state index in [1.165, 1.54) is 24.3 Å². The first kappa shape index (κ1) is 17.0. The van der Waals surface area contributed by atoms with Crippen molar-refractivity contribution in [2.24, 2.45) is 0 Å². The van der Waals surface area contributed by atoms with Gasteiger partial charge in [0.1, 0.15) is 5.82 Å². The summed E-state index contributed by atoms with van der Waals surface area (Å²) in [5.41, 5.74) is 0.621. The highest BCUT2D eigenvalue weighted by atomic mass is 79.9. The predicted octanol–water partition coefficient (Wildman–Crippen LogP) is 4.63. The van der Waals surface area contributed by atoms with Gasteiger partial charge >= 0.3 is 0 Å². The highest BCUT2D eigenvalue weighted by Gasteiger charge is 2.38. The SMILES string of the molecule is O=C1/C(=C\c2ccc(Br)cc2)SC(=S)N1C(=O)c1ccccc1F. The summed E-state index contributed by atoms with van der Waals surface area (Å²) in [6.45, 7) is 0. The first-order chi connectivity index (χ1) is 11.5. The molecular formula is C17H9BrFNO2S2. The topological polar surface area (TPSA) is 37.4 Å². The molecule has 0 bridgehead atoms. The van der Waals surface area contributed by atoms with Crippen LogP contribution in [-0.2, 0) is 4.79 Å². The molecule has 1 fully saturated rings. The van der Waals surface area contributed by atoms with Gasteiger partial charge in [0.15, 0.2) is 4.32 Å². The molecule has 7 heteroatoms. The summed E-state index contributed by atoms with van der Waals surface area (Å²) in [5, 5.41) is 0. The van der Waals surface area contributed by atoms with Crippen molar-refractivity contribution in [1.29, 1.82) is 0 Å². The van der Waals surface area contributed by atoms with E-state index in [4.69, 9.17) is 12.2 Å². The van der Waals surface area contributed by atoms with E-state index in [9.17, 15) is 14.0 Å². The number of carbonyl (C=O) groups is 2. The third-order valence-corrected chi connectivity index (χ3v) is 5.10. The molecule has 1 saturated heterocycles. The molecule has 0 unspecified atom stereocenters. The molecular weight excluding hydrogens is 413 g/mol. The van der Waals surface area contributed by atoms with Crippen molar-refractivity contribution in [2.75, 3.05) is 0 Å². The van der Waals surface area contributed by atoms with Crippen LogP contribution in [0.3, 0.4) is 0 Å². The molecule has 1 aliphatic rings. The van der Waals surface area contributed by atoms with E-state index in [0.717, 1.165) is 26.7 Å². The number of rotatable bonds is 2. The van der Waals surface area contributed by atoms with Gasteiger partial charge in [-0.1, -0.05) is 64.2 Å². The lowest BCUT2D eigenvalue weighted by atomic mass is 10.2. The number of carbonyl (C=O) groups excluding carboxylic acids is 2. The lowest BCUT2D eigenvalue weighted by Crippen LogP contribution is -2.35. The van der Waals surface area contributed by atoms with Crippen LogP contribution in [0.2, 0.25) is 0 Å². The van der Waals surface area contributed by atoms with Crippen LogP contribution < -0.4 is 0 Å². The minimum atomic E-state index is -0.755. The van der Waals surface area contributed by atoms with Crippen LogP contribution in [-0.4, -0.2) is 21.0 Å². The molecule has 1 aliphatic heterocycles. The number of amides is 2. The second-order valence-electron chi connectivity index (χ2n) is 4.85. The van der Waals surface area contributed by atoms with Gasteiger partial charge in [-0.2, -0.15) is 0 Å². The maximum atomic E-state index is 13.8. The number of nitrogens with zero attached hydrogens (tertiary/aromatic N) is 1. The van der Waals surface area contributed by atoms with Gasteiger partial charge in [-0.15, -0.1) is 0 Å². The maximum Gasteiger partial charge on any atom is 0.273 e. The first-order valence-electron chi connectivity index (χ1n) is 6.80. The van der Waals surface area contributed by atoms with Crippen molar-refractivity contribution in [2.45, 2.75) is 0 Å². The van der Waals surface area contributed by atoms with E-state index in [2.05, 4.69) is 15.9 Å². The largest absolute Gasteiger partial charge is 0.273 e. The molecule has 0 aliphatic carbocycles. The van der Waals surface area contributed by atoms with Crippen molar-refractivity contribution in [3.8, 4) is 0 Å². The monoisotopic (exact) mass is 421 g/mol. The number of imide groups is 1. The molecule has 0 atom stereocenters. The summed E-state index contributed by atoms with van der Waals surface area (Å²) in [6, 6.07) is 12.9. The third-order valence-electron chi connectivity index (χ3n) is 3.27. The molecule has 24 heavy (non-hydrogen) atoms. The van der Waals surface area contributed by atoms with E-state index in [1.54, 1.807) is 6.08 Å². The standard InChI is InChI=1S/C17H9BrFNO2S2/c18-11-7-5-10(6-8-11)9-14-16(22)20(17(23)24-14)15(21)12-3-1-2-4-13(12)19/h1-9H/b14-9+. The maximum absolute atomic E-state index is 13.8. The zero-order chi connectivity index (χ0) is 17.3. The zero-order valence-corrected chi connectivity index (χ0v) is 15.3. The van der Waals surface area contributed by atoms with Crippen LogP contribution >= 0.6 is 39.9 Å². The summed E-state index contributed by atoms with van der Waals surface area (Å²) in [5.74, 6) is -1.98. The van der Waals surface area contributed by atoms with Crippen LogP contribution in [0.5, 0.6) is 0 Å². The molecule has 2 aromatic carbocycles. The van der Waals surface area contributed by atoms with Gasteiger partial charge < -0.3 is 0 Å². The van der Waals surface area contributed by atoms with Crippen molar-refractivity contribution in [1.82, 2.24) is 4.90 Å². The molecule has 3 nitrogen and oxygen atoms in total. The summed E-state index contributed by atoms with van der Waals surface area (Å²) >= 11 is 9.49. The van der Waals surface area contributed by atoms with E-state index in [0.29, 0.717) is 4.91 Å². The normalized spacial score (nSPS) is 16.1. The third kappa shape index (κ3) is 3.33. The Balaban J connectivity index is 1.91. The Hall–Kier alpha value is -1.83. The molecule has 120 valence electrons. The molecule has 2 aromatic rings. The van der Waals surface area contributed by atoms with Gasteiger partial charge in [-0.3, -0.25) is 9.59 Å². The fourth-order valence-corrected chi connectivity index (χ4v) is 3.63. The summed E-state index contributed by atoms with van der Waals surface area (Å²) in [4.78, 5) is 26.1. The number of benzene rings is 2. The van der Waals surface area contributed by atoms with E-state index in [-0.39, 0.29) is 9.88 Å². The molecule has 0 saturated carbocycles. The molecule has 0 spiro atoms. The Morgan fingerprint density at radius 1 is 1.17 bits per heavy atom. The van der Waals surface area contributed by atoms with Crippen molar-refractivity contribution < 1.29 is 14.0 Å². The summed E-state index contributed by atoms with van der Waals surface area (Å²) in [6.07, 6.45) is 1.65. The number of thiocarbonyl (C=S) groups is 1. The van der Waals surface area contributed by atoms with Crippen molar-refractivity contribution in [3.05, 3.63) is 74.9 Å². The Morgan fingerprint density at radius 2 is 1.83 bits per heavy atom. The second kappa shape index (κ2) is 6.96. The van der Waals surface area contributed by atoms with Gasteiger partial charge in [0.05, 0.1) is 10.5 Å². The number of hydrogen-bond acceptors (Lipinski definition) is 4. The van der Waals surface area contributed by atoms with E-state index < -0.39 is 17.6 Å². The van der Waals surface area contributed by atoms with Gasteiger partial charge in [-0.05, 0) is 35.9 Å². The molecule has 2 amide bonds. The average molecular weight is 422 g/mol. The minimum absolute atomic E-state index is 0.0941. The number of thioether (sulfide) groups is 1. The second-order valence-corrected chi connectivity index (χ2v) is 7.45. The number of halogens is 2. The highest BCUT2D eigenvalue weighted by Crippen LogP contribution is 2.34. The van der Waals surface area contributed by atoms with Crippen LogP contribution in [0.25, 0.3) is 6.08 Å². The quantitative estimate of drug-likeness (QED) is 0.402. The van der Waals surface area contributed by atoms with E-state index in [1.807, 2.05) is 24.3 Å². The van der Waals surface area contributed by atoms with Gasteiger partial charge in [-0.25, -0.2) is 9.29 Å². The Labute approximate surface area is 155 Å². The van der Waals surface area contributed by atoms with Crippen LogP contribution in [0.4, 0.5) is 4.39 Å². The smallest absolute Gasteiger partial charge is 0.268 e. The number of hydrogen-bond donors (Lipinski definition) is 0. The summed E-state index contributed by atoms with van der Waals surface area (Å²) < 4.78 is 14.8. The molecule has 0 radical (unpaired) electrons. The fraction of sp³-hybridized carbons (Fsp3) is 0. The molecule has 0 aromatic heterocycles. The highest BCUT2D eigenvalue weighted by molar-refractivity contribution is 9.10. The Morgan fingerprint density at radius 3 is 2.50 bits per heavy atom. The van der Waals surface area contributed by atoms with Gasteiger partial charge in [0.2, 0.25) is 0 Å². The fourth-order valence-electron chi connectivity index (χ4n) is 2.11. The summed E-state index contributed by atoms with van der Waals surface area (Å²) in [7, 11) is 0. The van der Waals surface area contributed by atoms with Crippen molar-refractivity contribution >= 4 is 62.1 Å². The Bertz CT molecular complexity index is 880. The molecule has 0 N–H and O–H groups in total. The average Bonchev–Trinajstić information content (AvgIpc) is 2.83. The van der Waals surface area contributed by atoms with Crippen LogP contribution in [0, 0.1) is 5.82 Å². The predicted molar refractivity (Wildman–Crippen MR) is 99.9 cm³/mol. The van der Waals surface area contributed by atoms with E-state index >= 15 is 0 Å². The first-order valence-corrected chi connectivity index (χ1v) is 8.81. The zero-order valence-electron chi connectivity index (χ0n) is 12.0. The molecule has 3 rings (SSSR count). The van der Waals surface area contributed by atoms with Crippen molar-refractivity contribution in [3.63, 3.8) is 0 Å². The molecule has 1 heterocycles. The van der Waals surface area contributed by atoms with Crippen LogP contribution in [0.1, 0.15) is 15.9 Å². The minimum Gasteiger partial charge on any atom is -0.268 e. The van der Waals surface area contributed by atoms with Crippen LogP contribution in [0.15, 0.2) is 57.9 Å². The van der Waals surface area contributed by atoms with Gasteiger partial charge in [0, 0.05) is 4.47 Å². The van der Waals surface area contributed by atoms with Gasteiger partial charge in [0.25, 0.3) is 11.8 Å².